The van der Waals surface area contributed by atoms with Crippen molar-refractivity contribution in [2.24, 2.45) is 0 Å². The molecule has 1 aliphatic rings. The fourth-order valence-electron chi connectivity index (χ4n) is 4.89. The van der Waals surface area contributed by atoms with Crippen molar-refractivity contribution in [3.63, 3.8) is 0 Å². The van der Waals surface area contributed by atoms with Gasteiger partial charge in [-0.2, -0.15) is 4.31 Å². The van der Waals surface area contributed by atoms with Crippen LogP contribution in [-0.4, -0.2) is 55.7 Å². The predicted molar refractivity (Wildman–Crippen MR) is 166 cm³/mol. The molecule has 0 saturated heterocycles. The molecule has 1 amide bonds. The summed E-state index contributed by atoms with van der Waals surface area (Å²) in [4.78, 5) is 29.7. The summed E-state index contributed by atoms with van der Waals surface area (Å²) in [5.41, 5.74) is 2.88. The number of ether oxygens (including phenoxy) is 1. The van der Waals surface area contributed by atoms with Gasteiger partial charge < -0.3 is 10.1 Å². The normalized spacial score (nSPS) is 13.4. The second-order valence-electron chi connectivity index (χ2n) is 9.76. The fraction of sp³-hybridized carbons (Fsp3) is 0.400. The minimum atomic E-state index is -3.64. The van der Waals surface area contributed by atoms with Crippen molar-refractivity contribution in [2.45, 2.75) is 58.0 Å². The standard InChI is InChI=1S/C30H37N3O5S2.ClH/c1-4-17-33(18-5-2)40(36,37)24-14-12-23(13-15-24)28(34)31-29-27(30(35)38-6-3)25-16-19-32(21-26(25)39-29)20-22-10-8-7-9-11-22;/h7-15H,4-6,16-21H2,1-3H3,(H,31,34);1H. The molecule has 3 aromatic rings. The first-order valence-corrected chi connectivity index (χ1v) is 16.0. The number of amides is 1. The third-order valence-electron chi connectivity index (χ3n) is 6.79. The molecule has 1 aliphatic heterocycles. The summed E-state index contributed by atoms with van der Waals surface area (Å²) in [6.07, 6.45) is 2.12. The third-order valence-corrected chi connectivity index (χ3v) is 9.84. The number of hydrogen-bond donors (Lipinski definition) is 1. The van der Waals surface area contributed by atoms with Gasteiger partial charge in [-0.3, -0.25) is 9.69 Å². The quantitative estimate of drug-likeness (QED) is 0.251. The van der Waals surface area contributed by atoms with Crippen LogP contribution in [0.5, 0.6) is 0 Å². The molecule has 0 unspecified atom stereocenters. The first kappa shape index (κ1) is 32.8. The first-order valence-electron chi connectivity index (χ1n) is 13.8. The van der Waals surface area contributed by atoms with Crippen LogP contribution in [0, 0.1) is 0 Å². The van der Waals surface area contributed by atoms with E-state index in [1.165, 1.54) is 45.5 Å². The average molecular weight is 620 g/mol. The van der Waals surface area contributed by atoms with Gasteiger partial charge in [0.1, 0.15) is 5.00 Å². The van der Waals surface area contributed by atoms with Crippen molar-refractivity contribution in [2.75, 3.05) is 31.6 Å². The lowest BCUT2D eigenvalue weighted by Gasteiger charge is -2.27. The number of sulfonamides is 1. The zero-order valence-electron chi connectivity index (χ0n) is 23.7. The van der Waals surface area contributed by atoms with Crippen molar-refractivity contribution in [1.29, 1.82) is 0 Å². The number of nitrogens with one attached hydrogen (secondary N) is 1. The Morgan fingerprint density at radius 2 is 1.66 bits per heavy atom. The molecule has 0 aliphatic carbocycles. The molecule has 2 heterocycles. The summed E-state index contributed by atoms with van der Waals surface area (Å²) in [6.45, 7) is 9.05. The highest BCUT2D eigenvalue weighted by Crippen LogP contribution is 2.38. The van der Waals surface area contributed by atoms with E-state index in [1.54, 1.807) is 6.92 Å². The van der Waals surface area contributed by atoms with Gasteiger partial charge in [0.2, 0.25) is 10.0 Å². The van der Waals surface area contributed by atoms with Gasteiger partial charge in [-0.25, -0.2) is 13.2 Å². The van der Waals surface area contributed by atoms with Crippen molar-refractivity contribution < 1.29 is 22.7 Å². The Bertz CT molecular complexity index is 1420. The lowest BCUT2D eigenvalue weighted by Crippen LogP contribution is -2.32. The zero-order chi connectivity index (χ0) is 28.7. The van der Waals surface area contributed by atoms with Crippen LogP contribution in [0.3, 0.4) is 0 Å². The number of esters is 1. The van der Waals surface area contributed by atoms with Gasteiger partial charge in [-0.1, -0.05) is 44.2 Å². The predicted octanol–water partition coefficient (Wildman–Crippen LogP) is 5.97. The number of fused-ring (bicyclic) bond motifs is 1. The van der Waals surface area contributed by atoms with E-state index in [0.29, 0.717) is 42.2 Å². The zero-order valence-corrected chi connectivity index (χ0v) is 26.2. The van der Waals surface area contributed by atoms with Gasteiger partial charge in [-0.05, 0) is 61.6 Å². The lowest BCUT2D eigenvalue weighted by molar-refractivity contribution is 0.0526. The third kappa shape index (κ3) is 7.75. The van der Waals surface area contributed by atoms with Crippen molar-refractivity contribution in [3.8, 4) is 0 Å². The second-order valence-corrected chi connectivity index (χ2v) is 12.8. The van der Waals surface area contributed by atoms with Crippen LogP contribution in [0.1, 0.15) is 70.3 Å². The van der Waals surface area contributed by atoms with Crippen LogP contribution in [0.2, 0.25) is 0 Å². The summed E-state index contributed by atoms with van der Waals surface area (Å²) in [6, 6.07) is 16.2. The first-order chi connectivity index (χ1) is 19.3. The van der Waals surface area contributed by atoms with Crippen LogP contribution in [0.25, 0.3) is 0 Å². The molecule has 0 bridgehead atoms. The van der Waals surface area contributed by atoms with E-state index in [4.69, 9.17) is 4.74 Å². The smallest absolute Gasteiger partial charge is 0.341 e. The molecule has 11 heteroatoms. The fourth-order valence-corrected chi connectivity index (χ4v) is 7.79. The van der Waals surface area contributed by atoms with Crippen LogP contribution < -0.4 is 5.32 Å². The molecule has 2 aromatic carbocycles. The number of rotatable bonds is 12. The Morgan fingerprint density at radius 3 is 2.27 bits per heavy atom. The maximum absolute atomic E-state index is 13.2. The highest BCUT2D eigenvalue weighted by Gasteiger charge is 2.30. The number of nitrogens with zero attached hydrogens (tertiary/aromatic N) is 2. The van der Waals surface area contributed by atoms with Crippen LogP contribution >= 0.6 is 23.7 Å². The monoisotopic (exact) mass is 619 g/mol. The van der Waals surface area contributed by atoms with E-state index in [2.05, 4.69) is 22.3 Å². The number of anilines is 1. The summed E-state index contributed by atoms with van der Waals surface area (Å²) in [5.74, 6) is -0.853. The molecular weight excluding hydrogens is 582 g/mol. The van der Waals surface area contributed by atoms with Gasteiger partial charge in [0.15, 0.2) is 0 Å². The van der Waals surface area contributed by atoms with E-state index in [-0.39, 0.29) is 23.9 Å². The number of benzene rings is 2. The number of hydrogen-bond acceptors (Lipinski definition) is 7. The molecule has 4 rings (SSSR count). The van der Waals surface area contributed by atoms with Gasteiger partial charge in [0, 0.05) is 43.2 Å². The Kier molecular flexibility index (Phi) is 11.9. The number of carbonyl (C=O) groups excluding carboxylic acids is 2. The van der Waals surface area contributed by atoms with E-state index < -0.39 is 21.9 Å². The van der Waals surface area contributed by atoms with Gasteiger partial charge in [-0.15, -0.1) is 23.7 Å². The van der Waals surface area contributed by atoms with E-state index in [0.717, 1.165) is 36.4 Å². The van der Waals surface area contributed by atoms with E-state index in [1.807, 2.05) is 32.0 Å². The molecule has 1 aromatic heterocycles. The van der Waals surface area contributed by atoms with Crippen LogP contribution in [-0.2, 0) is 34.3 Å². The Labute approximate surface area is 253 Å². The lowest BCUT2D eigenvalue weighted by atomic mass is 10.0. The SMILES string of the molecule is CCCN(CCC)S(=O)(=O)c1ccc(C(=O)Nc2sc3c(c2C(=O)OCC)CCN(Cc2ccccc2)C3)cc1.Cl. The van der Waals surface area contributed by atoms with Crippen molar-refractivity contribution >= 4 is 50.6 Å². The maximum Gasteiger partial charge on any atom is 0.341 e. The molecule has 0 saturated carbocycles. The molecule has 0 spiro atoms. The number of carbonyl (C=O) groups is 2. The highest BCUT2D eigenvalue weighted by atomic mass is 35.5. The Hall–Kier alpha value is -2.76. The van der Waals surface area contributed by atoms with Gasteiger partial charge in [0.05, 0.1) is 17.1 Å². The van der Waals surface area contributed by atoms with E-state index >= 15 is 0 Å². The molecular formula is C30H38ClN3O5S2. The van der Waals surface area contributed by atoms with Crippen LogP contribution in [0.15, 0.2) is 59.5 Å². The Balaban J connectivity index is 0.00000462. The van der Waals surface area contributed by atoms with Gasteiger partial charge in [0.25, 0.3) is 5.91 Å². The molecule has 8 nitrogen and oxygen atoms in total. The van der Waals surface area contributed by atoms with Crippen molar-refractivity contribution in [1.82, 2.24) is 9.21 Å². The summed E-state index contributed by atoms with van der Waals surface area (Å²) >= 11 is 1.40. The summed E-state index contributed by atoms with van der Waals surface area (Å²) < 4.78 is 33.0. The summed E-state index contributed by atoms with van der Waals surface area (Å²) in [5, 5.41) is 3.37. The minimum Gasteiger partial charge on any atom is -0.462 e. The molecule has 1 N–H and O–H groups in total. The number of halogens is 1. The van der Waals surface area contributed by atoms with Crippen molar-refractivity contribution in [3.05, 3.63) is 81.7 Å². The summed E-state index contributed by atoms with van der Waals surface area (Å²) in [7, 11) is -3.64. The Morgan fingerprint density at radius 1 is 1.00 bits per heavy atom. The van der Waals surface area contributed by atoms with Gasteiger partial charge >= 0.3 is 5.97 Å². The van der Waals surface area contributed by atoms with Crippen LogP contribution in [0.4, 0.5) is 5.00 Å². The number of thiophene rings is 1. The molecule has 222 valence electrons. The maximum atomic E-state index is 13.2. The van der Waals surface area contributed by atoms with E-state index in [9.17, 15) is 18.0 Å². The average Bonchev–Trinajstić information content (AvgIpc) is 3.30. The largest absolute Gasteiger partial charge is 0.462 e. The molecule has 0 fully saturated rings. The topological polar surface area (TPSA) is 96.0 Å². The minimum absolute atomic E-state index is 0. The molecule has 0 radical (unpaired) electrons. The second kappa shape index (κ2) is 14.9. The highest BCUT2D eigenvalue weighted by molar-refractivity contribution is 7.89. The molecule has 0 atom stereocenters. The molecule has 41 heavy (non-hydrogen) atoms.